The average Bonchev–Trinajstić information content (AvgIpc) is 2.49. The highest BCUT2D eigenvalue weighted by molar-refractivity contribution is 6.31. The molecule has 0 bridgehead atoms. The Hall–Kier alpha value is -2.04. The summed E-state index contributed by atoms with van der Waals surface area (Å²) < 4.78 is 5.55. The number of nitrogen functional groups attached to an aromatic ring is 1. The van der Waals surface area contributed by atoms with Crippen molar-refractivity contribution in [1.29, 1.82) is 0 Å². The largest absolute Gasteiger partial charge is 0.397 e. The van der Waals surface area contributed by atoms with E-state index in [1.807, 2.05) is 30.3 Å². The molecule has 1 unspecified atom stereocenters. The molecule has 0 radical (unpaired) electrons. The minimum atomic E-state index is -0.594. The lowest BCUT2D eigenvalue weighted by molar-refractivity contribution is -0.127. The Labute approximate surface area is 128 Å². The molecule has 0 aliphatic heterocycles. The molecule has 0 saturated carbocycles. The van der Waals surface area contributed by atoms with Crippen LogP contribution in [0.1, 0.15) is 12.5 Å². The molecule has 3 N–H and O–H groups in total. The molecule has 110 valence electrons. The van der Waals surface area contributed by atoms with E-state index in [1.54, 1.807) is 25.1 Å². The van der Waals surface area contributed by atoms with Crippen molar-refractivity contribution in [2.75, 3.05) is 11.1 Å². The normalized spacial score (nSPS) is 11.9. The van der Waals surface area contributed by atoms with E-state index in [4.69, 9.17) is 22.1 Å². The highest BCUT2D eigenvalue weighted by atomic mass is 35.5. The fourth-order valence-electron chi connectivity index (χ4n) is 1.74. The monoisotopic (exact) mass is 304 g/mol. The lowest BCUT2D eigenvalue weighted by Gasteiger charge is -2.14. The molecule has 0 aliphatic carbocycles. The maximum absolute atomic E-state index is 12.1. The first-order valence-electron chi connectivity index (χ1n) is 6.57. The van der Waals surface area contributed by atoms with Gasteiger partial charge in [-0.3, -0.25) is 4.79 Å². The van der Waals surface area contributed by atoms with Crippen LogP contribution in [0.3, 0.4) is 0 Å². The number of carbonyl (C=O) groups excluding carboxylic acids is 1. The van der Waals surface area contributed by atoms with Gasteiger partial charge in [0.2, 0.25) is 0 Å². The van der Waals surface area contributed by atoms with Crippen molar-refractivity contribution in [2.45, 2.75) is 19.6 Å². The predicted octanol–water partition coefficient (Wildman–Crippen LogP) is 3.47. The summed E-state index contributed by atoms with van der Waals surface area (Å²) in [6.07, 6.45) is -0.594. The number of carbonyl (C=O) groups is 1. The predicted molar refractivity (Wildman–Crippen MR) is 85.2 cm³/mol. The third kappa shape index (κ3) is 4.48. The number of amides is 1. The second-order valence-electron chi connectivity index (χ2n) is 4.66. The molecule has 2 aromatic carbocycles. The van der Waals surface area contributed by atoms with E-state index in [-0.39, 0.29) is 5.91 Å². The van der Waals surface area contributed by atoms with E-state index < -0.39 is 6.10 Å². The van der Waals surface area contributed by atoms with E-state index in [1.165, 1.54) is 0 Å². The van der Waals surface area contributed by atoms with Crippen molar-refractivity contribution in [1.82, 2.24) is 0 Å². The van der Waals surface area contributed by atoms with Crippen molar-refractivity contribution in [3.63, 3.8) is 0 Å². The summed E-state index contributed by atoms with van der Waals surface area (Å²) in [6, 6.07) is 14.6. The van der Waals surface area contributed by atoms with E-state index >= 15 is 0 Å². The molecule has 0 aromatic heterocycles. The van der Waals surface area contributed by atoms with Gasteiger partial charge in [0.25, 0.3) is 5.91 Å². The van der Waals surface area contributed by atoms with Crippen molar-refractivity contribution in [3.8, 4) is 0 Å². The minimum absolute atomic E-state index is 0.264. The molecule has 21 heavy (non-hydrogen) atoms. The average molecular weight is 305 g/mol. The van der Waals surface area contributed by atoms with Crippen LogP contribution in [0.15, 0.2) is 48.5 Å². The molecule has 2 rings (SSSR count). The molecule has 5 heteroatoms. The van der Waals surface area contributed by atoms with Crippen LogP contribution < -0.4 is 11.1 Å². The van der Waals surface area contributed by atoms with Crippen LogP contribution in [0.2, 0.25) is 5.02 Å². The lowest BCUT2D eigenvalue weighted by atomic mass is 10.2. The number of nitrogens with two attached hydrogens (primary N) is 1. The van der Waals surface area contributed by atoms with Crippen LogP contribution in [0.4, 0.5) is 11.4 Å². The molecule has 4 nitrogen and oxygen atoms in total. The Kier molecular flexibility index (Phi) is 5.20. The van der Waals surface area contributed by atoms with Crippen LogP contribution in [-0.2, 0) is 16.1 Å². The van der Waals surface area contributed by atoms with Crippen molar-refractivity contribution < 1.29 is 9.53 Å². The van der Waals surface area contributed by atoms with Gasteiger partial charge in [-0.2, -0.15) is 0 Å². The standard InChI is InChI=1S/C16H17ClN2O2/c1-11(21-10-12-5-3-2-4-6-12)16(20)19-15-9-13(17)7-8-14(15)18/h2-9,11H,10,18H2,1H3,(H,19,20). The first-order valence-corrected chi connectivity index (χ1v) is 6.95. The number of anilines is 2. The fourth-order valence-corrected chi connectivity index (χ4v) is 1.91. The van der Waals surface area contributed by atoms with E-state index in [2.05, 4.69) is 5.32 Å². The number of hydrogen-bond acceptors (Lipinski definition) is 3. The van der Waals surface area contributed by atoms with E-state index in [9.17, 15) is 4.79 Å². The number of hydrogen-bond donors (Lipinski definition) is 2. The zero-order chi connectivity index (χ0) is 15.2. The second kappa shape index (κ2) is 7.11. The molecule has 1 amide bonds. The third-order valence-electron chi connectivity index (χ3n) is 2.99. The van der Waals surface area contributed by atoms with Gasteiger partial charge in [-0.15, -0.1) is 0 Å². The summed E-state index contributed by atoms with van der Waals surface area (Å²) in [6.45, 7) is 2.07. The first kappa shape index (κ1) is 15.4. The van der Waals surface area contributed by atoms with Crippen LogP contribution in [-0.4, -0.2) is 12.0 Å². The topological polar surface area (TPSA) is 64.3 Å². The van der Waals surface area contributed by atoms with Gasteiger partial charge in [0.15, 0.2) is 0 Å². The lowest BCUT2D eigenvalue weighted by Crippen LogP contribution is -2.28. The van der Waals surface area contributed by atoms with Crippen molar-refractivity contribution in [2.24, 2.45) is 0 Å². The van der Waals surface area contributed by atoms with Gasteiger partial charge >= 0.3 is 0 Å². The molecule has 0 heterocycles. The van der Waals surface area contributed by atoms with Crippen LogP contribution in [0, 0.1) is 0 Å². The number of halogens is 1. The summed E-state index contributed by atoms with van der Waals surface area (Å²) in [5, 5.41) is 3.23. The zero-order valence-corrected chi connectivity index (χ0v) is 12.4. The number of ether oxygens (including phenoxy) is 1. The highest BCUT2D eigenvalue weighted by Crippen LogP contribution is 2.23. The molecular formula is C16H17ClN2O2. The zero-order valence-electron chi connectivity index (χ0n) is 11.7. The summed E-state index contributed by atoms with van der Waals surface area (Å²) in [4.78, 5) is 12.1. The van der Waals surface area contributed by atoms with Crippen LogP contribution in [0.25, 0.3) is 0 Å². The Morgan fingerprint density at radius 3 is 2.71 bits per heavy atom. The Morgan fingerprint density at radius 1 is 1.29 bits per heavy atom. The van der Waals surface area contributed by atoms with Crippen molar-refractivity contribution in [3.05, 3.63) is 59.1 Å². The Bertz CT molecular complexity index is 617. The minimum Gasteiger partial charge on any atom is -0.397 e. The van der Waals surface area contributed by atoms with Gasteiger partial charge < -0.3 is 15.8 Å². The molecule has 0 aliphatic rings. The van der Waals surface area contributed by atoms with Gasteiger partial charge in [0.1, 0.15) is 6.10 Å². The van der Waals surface area contributed by atoms with Crippen LogP contribution >= 0.6 is 11.6 Å². The van der Waals surface area contributed by atoms with E-state index in [0.29, 0.717) is 23.0 Å². The second-order valence-corrected chi connectivity index (χ2v) is 5.10. The van der Waals surface area contributed by atoms with Crippen molar-refractivity contribution >= 4 is 28.9 Å². The number of benzene rings is 2. The maximum Gasteiger partial charge on any atom is 0.253 e. The van der Waals surface area contributed by atoms with Crippen LogP contribution in [0.5, 0.6) is 0 Å². The summed E-state index contributed by atoms with van der Waals surface area (Å²) >= 11 is 5.88. The molecule has 2 aromatic rings. The smallest absolute Gasteiger partial charge is 0.253 e. The fraction of sp³-hybridized carbons (Fsp3) is 0.188. The summed E-state index contributed by atoms with van der Waals surface area (Å²) in [7, 11) is 0. The van der Waals surface area contributed by atoms with Gasteiger partial charge in [-0.1, -0.05) is 41.9 Å². The Morgan fingerprint density at radius 2 is 2.00 bits per heavy atom. The summed E-state index contributed by atoms with van der Waals surface area (Å²) in [5.41, 5.74) is 7.75. The third-order valence-corrected chi connectivity index (χ3v) is 3.22. The molecule has 1 atom stereocenters. The maximum atomic E-state index is 12.1. The van der Waals surface area contributed by atoms with Gasteiger partial charge in [0.05, 0.1) is 18.0 Å². The van der Waals surface area contributed by atoms with Gasteiger partial charge in [-0.25, -0.2) is 0 Å². The first-order chi connectivity index (χ1) is 10.1. The molecule has 0 spiro atoms. The quantitative estimate of drug-likeness (QED) is 0.831. The van der Waals surface area contributed by atoms with E-state index in [0.717, 1.165) is 5.56 Å². The number of rotatable bonds is 5. The van der Waals surface area contributed by atoms with Gasteiger partial charge in [-0.05, 0) is 30.7 Å². The highest BCUT2D eigenvalue weighted by Gasteiger charge is 2.15. The molecule has 0 fully saturated rings. The SMILES string of the molecule is CC(OCc1ccccc1)C(=O)Nc1cc(Cl)ccc1N. The molecular weight excluding hydrogens is 288 g/mol. The Balaban J connectivity index is 1.92. The summed E-state index contributed by atoms with van der Waals surface area (Å²) in [5.74, 6) is -0.264. The molecule has 0 saturated heterocycles. The van der Waals surface area contributed by atoms with Gasteiger partial charge in [0, 0.05) is 5.02 Å². The number of nitrogens with one attached hydrogen (secondary N) is 1.